The van der Waals surface area contributed by atoms with Gasteiger partial charge in [0.15, 0.2) is 11.5 Å². The molecule has 0 aliphatic heterocycles. The number of ether oxygens (including phenoxy) is 2. The molecule has 4 heteroatoms. The van der Waals surface area contributed by atoms with Gasteiger partial charge in [-0.1, -0.05) is 0 Å². The van der Waals surface area contributed by atoms with E-state index in [1.807, 2.05) is 12.3 Å². The number of hydrogen-bond acceptors (Lipinski definition) is 4. The fourth-order valence-corrected chi connectivity index (χ4v) is 1.87. The maximum Gasteiger partial charge on any atom is 0.174 e. The van der Waals surface area contributed by atoms with Gasteiger partial charge in [-0.15, -0.1) is 11.8 Å². The van der Waals surface area contributed by atoms with Crippen molar-refractivity contribution in [2.75, 3.05) is 20.5 Å². The minimum absolute atomic E-state index is 0.00785. The van der Waals surface area contributed by atoms with Crippen molar-refractivity contribution in [2.45, 2.75) is 11.5 Å². The normalized spacial score (nSPS) is 10.0. The summed E-state index contributed by atoms with van der Waals surface area (Å²) in [5.74, 6) is 1.38. The average Bonchev–Trinajstić information content (AvgIpc) is 2.26. The fourth-order valence-electron chi connectivity index (χ4n) is 1.23. The molecule has 0 radical (unpaired) electrons. The van der Waals surface area contributed by atoms with E-state index in [1.165, 1.54) is 0 Å². The van der Waals surface area contributed by atoms with Crippen molar-refractivity contribution in [1.82, 2.24) is 0 Å². The van der Waals surface area contributed by atoms with Gasteiger partial charge >= 0.3 is 0 Å². The van der Waals surface area contributed by atoms with E-state index < -0.39 is 0 Å². The summed E-state index contributed by atoms with van der Waals surface area (Å²) < 4.78 is 10.4. The zero-order valence-corrected chi connectivity index (χ0v) is 9.35. The van der Waals surface area contributed by atoms with Crippen LogP contribution in [-0.4, -0.2) is 25.6 Å². The van der Waals surface area contributed by atoms with E-state index >= 15 is 0 Å². The van der Waals surface area contributed by atoms with Gasteiger partial charge in [-0.05, 0) is 24.0 Å². The number of aliphatic hydroxyl groups is 1. The summed E-state index contributed by atoms with van der Waals surface area (Å²) in [6.07, 6.45) is 1.96. The lowest BCUT2D eigenvalue weighted by atomic mass is 10.2. The van der Waals surface area contributed by atoms with E-state index in [2.05, 4.69) is 0 Å². The summed E-state index contributed by atoms with van der Waals surface area (Å²) in [5, 5.41) is 9.04. The number of rotatable bonds is 4. The third-order valence-corrected chi connectivity index (χ3v) is 2.65. The highest BCUT2D eigenvalue weighted by Crippen LogP contribution is 2.37. The van der Waals surface area contributed by atoms with Crippen molar-refractivity contribution in [1.29, 1.82) is 0 Å². The molecule has 0 atom stereocenters. The number of benzene rings is 1. The second-order valence-electron chi connectivity index (χ2n) is 2.69. The summed E-state index contributed by atoms with van der Waals surface area (Å²) in [6.45, 7) is 0.00785. The molecule has 0 saturated heterocycles. The van der Waals surface area contributed by atoms with Crippen molar-refractivity contribution in [3.8, 4) is 11.5 Å². The number of thioether (sulfide) groups is 1. The molecule has 1 rings (SSSR count). The molecule has 3 nitrogen and oxygen atoms in total. The number of aliphatic hydroxyl groups excluding tert-OH is 1. The van der Waals surface area contributed by atoms with Gasteiger partial charge in [0.1, 0.15) is 0 Å². The Bertz CT molecular complexity index is 287. The van der Waals surface area contributed by atoms with Crippen LogP contribution in [0.4, 0.5) is 0 Å². The minimum atomic E-state index is 0.00785. The highest BCUT2D eigenvalue weighted by Gasteiger charge is 2.10. The molecule has 0 aliphatic carbocycles. The predicted molar refractivity (Wildman–Crippen MR) is 57.2 cm³/mol. The van der Waals surface area contributed by atoms with Gasteiger partial charge in [0.2, 0.25) is 0 Å². The average molecular weight is 214 g/mol. The highest BCUT2D eigenvalue weighted by atomic mass is 32.2. The Morgan fingerprint density at radius 1 is 1.29 bits per heavy atom. The van der Waals surface area contributed by atoms with Crippen LogP contribution >= 0.6 is 11.8 Å². The van der Waals surface area contributed by atoms with Gasteiger partial charge < -0.3 is 14.6 Å². The third kappa shape index (κ3) is 2.13. The van der Waals surface area contributed by atoms with E-state index in [0.29, 0.717) is 5.75 Å². The van der Waals surface area contributed by atoms with Crippen LogP contribution in [-0.2, 0) is 6.61 Å². The van der Waals surface area contributed by atoms with Crippen molar-refractivity contribution in [2.24, 2.45) is 0 Å². The van der Waals surface area contributed by atoms with Crippen LogP contribution in [0.3, 0.4) is 0 Å². The van der Waals surface area contributed by atoms with Crippen LogP contribution in [0.1, 0.15) is 5.56 Å². The number of methoxy groups -OCH3 is 2. The van der Waals surface area contributed by atoms with Crippen LogP contribution < -0.4 is 9.47 Å². The molecule has 1 aromatic rings. The van der Waals surface area contributed by atoms with E-state index in [-0.39, 0.29) is 6.61 Å². The molecule has 0 unspecified atom stereocenters. The molecule has 0 spiro atoms. The monoisotopic (exact) mass is 214 g/mol. The first-order valence-electron chi connectivity index (χ1n) is 4.16. The van der Waals surface area contributed by atoms with Crippen LogP contribution in [0.15, 0.2) is 17.0 Å². The van der Waals surface area contributed by atoms with Gasteiger partial charge in [-0.25, -0.2) is 0 Å². The van der Waals surface area contributed by atoms with Crippen molar-refractivity contribution in [3.63, 3.8) is 0 Å². The molecule has 78 valence electrons. The highest BCUT2D eigenvalue weighted by molar-refractivity contribution is 7.98. The van der Waals surface area contributed by atoms with Gasteiger partial charge in [-0.2, -0.15) is 0 Å². The topological polar surface area (TPSA) is 38.7 Å². The minimum Gasteiger partial charge on any atom is -0.493 e. The second kappa shape index (κ2) is 5.12. The first-order valence-corrected chi connectivity index (χ1v) is 5.39. The molecule has 0 fully saturated rings. The van der Waals surface area contributed by atoms with Gasteiger partial charge in [0.05, 0.1) is 25.7 Å². The van der Waals surface area contributed by atoms with Crippen molar-refractivity contribution in [3.05, 3.63) is 17.7 Å². The quantitative estimate of drug-likeness (QED) is 0.777. The van der Waals surface area contributed by atoms with E-state index in [0.717, 1.165) is 16.2 Å². The van der Waals surface area contributed by atoms with E-state index in [1.54, 1.807) is 32.0 Å². The second-order valence-corrected chi connectivity index (χ2v) is 3.54. The molecule has 1 N–H and O–H groups in total. The molecule has 0 bridgehead atoms. The number of hydrogen-bond donors (Lipinski definition) is 1. The van der Waals surface area contributed by atoms with Crippen LogP contribution in [0.2, 0.25) is 0 Å². The molecule has 14 heavy (non-hydrogen) atoms. The lowest BCUT2D eigenvalue weighted by Crippen LogP contribution is -1.95. The SMILES string of the molecule is COc1cc(CO)cc(SC)c1OC. The lowest BCUT2D eigenvalue weighted by Gasteiger charge is -2.12. The zero-order valence-electron chi connectivity index (χ0n) is 8.53. The summed E-state index contributed by atoms with van der Waals surface area (Å²) in [6, 6.07) is 3.67. The first kappa shape index (κ1) is 11.2. The third-order valence-electron chi connectivity index (χ3n) is 1.91. The maximum absolute atomic E-state index is 9.04. The predicted octanol–water partition coefficient (Wildman–Crippen LogP) is 1.92. The van der Waals surface area contributed by atoms with Crippen molar-refractivity contribution >= 4 is 11.8 Å². The maximum atomic E-state index is 9.04. The van der Waals surface area contributed by atoms with Gasteiger partial charge in [0, 0.05) is 0 Å². The van der Waals surface area contributed by atoms with Gasteiger partial charge in [-0.3, -0.25) is 0 Å². The Labute approximate surface area is 88.0 Å². The molecular formula is C10H14O3S. The first-order chi connectivity index (χ1) is 6.76. The molecule has 1 aromatic carbocycles. The molecule has 0 aromatic heterocycles. The lowest BCUT2D eigenvalue weighted by molar-refractivity contribution is 0.279. The Hall–Kier alpha value is -0.870. The molecule has 0 amide bonds. The van der Waals surface area contributed by atoms with Crippen LogP contribution in [0.5, 0.6) is 11.5 Å². The summed E-state index contributed by atoms with van der Waals surface area (Å²) in [4.78, 5) is 0.968. The summed E-state index contributed by atoms with van der Waals surface area (Å²) >= 11 is 1.56. The Kier molecular flexibility index (Phi) is 4.10. The Morgan fingerprint density at radius 2 is 2.00 bits per heavy atom. The molecule has 0 aliphatic rings. The smallest absolute Gasteiger partial charge is 0.174 e. The van der Waals surface area contributed by atoms with Gasteiger partial charge in [0.25, 0.3) is 0 Å². The van der Waals surface area contributed by atoms with Crippen LogP contribution in [0.25, 0.3) is 0 Å². The Balaban J connectivity index is 3.24. The van der Waals surface area contributed by atoms with E-state index in [4.69, 9.17) is 14.6 Å². The zero-order chi connectivity index (χ0) is 10.6. The Morgan fingerprint density at radius 3 is 2.43 bits per heavy atom. The molecule has 0 heterocycles. The molecule has 0 saturated carbocycles. The van der Waals surface area contributed by atoms with Crippen LogP contribution in [0, 0.1) is 0 Å². The standard InChI is InChI=1S/C10H14O3S/c1-12-8-4-7(6-11)5-9(14-3)10(8)13-2/h4-5,11H,6H2,1-3H3. The summed E-state index contributed by atoms with van der Waals surface area (Å²) in [7, 11) is 3.19. The fraction of sp³-hybridized carbons (Fsp3) is 0.400. The van der Waals surface area contributed by atoms with E-state index in [9.17, 15) is 0 Å². The summed E-state index contributed by atoms with van der Waals surface area (Å²) in [5.41, 5.74) is 0.826. The van der Waals surface area contributed by atoms with Crippen molar-refractivity contribution < 1.29 is 14.6 Å². The largest absolute Gasteiger partial charge is 0.493 e. The molecular weight excluding hydrogens is 200 g/mol.